The molecule has 1 aromatic heterocycles. The van der Waals surface area contributed by atoms with Gasteiger partial charge in [0.05, 0.1) is 0 Å². The SMILES string of the molecule is CCCCN(C)c1cc(C(=O)NCCC(C)C)ccn1. The number of carbonyl (C=O) groups is 1. The Labute approximate surface area is 122 Å². The lowest BCUT2D eigenvalue weighted by atomic mass is 10.1. The van der Waals surface area contributed by atoms with E-state index >= 15 is 0 Å². The number of carbonyl (C=O) groups excluding carboxylic acids is 1. The predicted molar refractivity (Wildman–Crippen MR) is 84.2 cm³/mol. The van der Waals surface area contributed by atoms with Gasteiger partial charge in [-0.1, -0.05) is 27.2 Å². The lowest BCUT2D eigenvalue weighted by Gasteiger charge is -2.18. The van der Waals surface area contributed by atoms with Crippen LogP contribution >= 0.6 is 0 Å². The average Bonchev–Trinajstić information content (AvgIpc) is 2.44. The lowest BCUT2D eigenvalue weighted by Crippen LogP contribution is -2.26. The second-order valence-corrected chi connectivity index (χ2v) is 5.62. The van der Waals surface area contributed by atoms with Crippen molar-refractivity contribution in [1.82, 2.24) is 10.3 Å². The minimum absolute atomic E-state index is 0.0156. The summed E-state index contributed by atoms with van der Waals surface area (Å²) in [6.07, 6.45) is 4.98. The Balaban J connectivity index is 2.60. The van der Waals surface area contributed by atoms with Gasteiger partial charge < -0.3 is 10.2 Å². The van der Waals surface area contributed by atoms with Crippen molar-refractivity contribution in [3.8, 4) is 0 Å². The van der Waals surface area contributed by atoms with Crippen LogP contribution in [0.5, 0.6) is 0 Å². The van der Waals surface area contributed by atoms with Crippen molar-refractivity contribution < 1.29 is 4.79 Å². The van der Waals surface area contributed by atoms with Crippen LogP contribution in [0.3, 0.4) is 0 Å². The van der Waals surface area contributed by atoms with E-state index in [1.807, 2.05) is 13.1 Å². The molecule has 0 aromatic carbocycles. The highest BCUT2D eigenvalue weighted by Crippen LogP contribution is 2.12. The first kappa shape index (κ1) is 16.5. The zero-order valence-corrected chi connectivity index (χ0v) is 13.1. The van der Waals surface area contributed by atoms with Gasteiger partial charge in [0.25, 0.3) is 5.91 Å². The Morgan fingerprint density at radius 1 is 1.45 bits per heavy atom. The molecule has 4 nitrogen and oxygen atoms in total. The van der Waals surface area contributed by atoms with Gasteiger partial charge in [0.1, 0.15) is 5.82 Å². The maximum absolute atomic E-state index is 12.1. The Hall–Kier alpha value is -1.58. The first-order chi connectivity index (χ1) is 9.54. The Morgan fingerprint density at radius 3 is 2.85 bits per heavy atom. The van der Waals surface area contributed by atoms with Gasteiger partial charge in [-0.25, -0.2) is 4.98 Å². The minimum Gasteiger partial charge on any atom is -0.360 e. The standard InChI is InChI=1S/C16H27N3O/c1-5-6-11-19(4)15-12-14(8-10-17-15)16(20)18-9-7-13(2)3/h8,10,12-13H,5-7,9,11H2,1-4H3,(H,18,20). The zero-order chi connectivity index (χ0) is 15.0. The van der Waals surface area contributed by atoms with Crippen molar-refractivity contribution >= 4 is 11.7 Å². The van der Waals surface area contributed by atoms with Crippen molar-refractivity contribution in [3.05, 3.63) is 23.9 Å². The molecule has 0 radical (unpaired) electrons. The van der Waals surface area contributed by atoms with Crippen LogP contribution in [-0.4, -0.2) is 31.0 Å². The monoisotopic (exact) mass is 277 g/mol. The zero-order valence-electron chi connectivity index (χ0n) is 13.1. The Bertz CT molecular complexity index is 418. The fourth-order valence-corrected chi connectivity index (χ4v) is 1.85. The highest BCUT2D eigenvalue weighted by molar-refractivity contribution is 5.94. The number of unbranched alkanes of at least 4 members (excludes halogenated alkanes) is 1. The van der Waals surface area contributed by atoms with E-state index in [4.69, 9.17) is 0 Å². The van der Waals surface area contributed by atoms with Gasteiger partial charge in [0.15, 0.2) is 0 Å². The number of nitrogens with one attached hydrogen (secondary N) is 1. The van der Waals surface area contributed by atoms with E-state index in [2.05, 4.69) is 36.0 Å². The third kappa shape index (κ3) is 5.59. The number of hydrogen-bond donors (Lipinski definition) is 1. The molecule has 0 aliphatic carbocycles. The van der Waals surface area contributed by atoms with E-state index in [1.54, 1.807) is 12.3 Å². The van der Waals surface area contributed by atoms with Crippen molar-refractivity contribution in [2.24, 2.45) is 5.92 Å². The predicted octanol–water partition coefficient (Wildman–Crippen LogP) is 3.09. The molecule has 1 aromatic rings. The molecule has 1 rings (SSSR count). The number of hydrogen-bond acceptors (Lipinski definition) is 3. The third-order valence-corrected chi connectivity index (χ3v) is 3.25. The molecule has 1 amide bonds. The quantitative estimate of drug-likeness (QED) is 0.794. The van der Waals surface area contributed by atoms with Gasteiger partial charge in [0.2, 0.25) is 0 Å². The van der Waals surface area contributed by atoms with Crippen molar-refractivity contribution in [2.75, 3.05) is 25.0 Å². The molecule has 0 fully saturated rings. The number of amides is 1. The van der Waals surface area contributed by atoms with E-state index < -0.39 is 0 Å². The molecule has 112 valence electrons. The topological polar surface area (TPSA) is 45.2 Å². The van der Waals surface area contributed by atoms with Crippen LogP contribution < -0.4 is 10.2 Å². The molecule has 0 bridgehead atoms. The Morgan fingerprint density at radius 2 is 2.20 bits per heavy atom. The first-order valence-electron chi connectivity index (χ1n) is 7.50. The summed E-state index contributed by atoms with van der Waals surface area (Å²) in [4.78, 5) is 18.5. The molecule has 1 heterocycles. The smallest absolute Gasteiger partial charge is 0.251 e. The van der Waals surface area contributed by atoms with E-state index in [0.717, 1.165) is 38.2 Å². The fourth-order valence-electron chi connectivity index (χ4n) is 1.85. The molecule has 0 saturated carbocycles. The van der Waals surface area contributed by atoms with Gasteiger partial charge in [-0.15, -0.1) is 0 Å². The second-order valence-electron chi connectivity index (χ2n) is 5.62. The van der Waals surface area contributed by atoms with E-state index in [9.17, 15) is 4.79 Å². The summed E-state index contributed by atoms with van der Waals surface area (Å²) in [7, 11) is 2.01. The number of nitrogens with zero attached hydrogens (tertiary/aromatic N) is 2. The maximum Gasteiger partial charge on any atom is 0.251 e. The van der Waals surface area contributed by atoms with Crippen molar-refractivity contribution in [3.63, 3.8) is 0 Å². The summed E-state index contributed by atoms with van der Waals surface area (Å²) < 4.78 is 0. The normalized spacial score (nSPS) is 10.7. The summed E-state index contributed by atoms with van der Waals surface area (Å²) >= 11 is 0. The highest BCUT2D eigenvalue weighted by atomic mass is 16.1. The number of anilines is 1. The lowest BCUT2D eigenvalue weighted by molar-refractivity contribution is 0.0952. The number of rotatable bonds is 8. The summed E-state index contributed by atoms with van der Waals surface area (Å²) in [6.45, 7) is 8.15. The van der Waals surface area contributed by atoms with Gasteiger partial charge in [-0.2, -0.15) is 0 Å². The highest BCUT2D eigenvalue weighted by Gasteiger charge is 2.09. The van der Waals surface area contributed by atoms with Gasteiger partial charge in [0, 0.05) is 31.9 Å². The molecule has 1 N–H and O–H groups in total. The van der Waals surface area contributed by atoms with Crippen LogP contribution in [0.2, 0.25) is 0 Å². The molecule has 0 spiro atoms. The molecule has 4 heteroatoms. The van der Waals surface area contributed by atoms with Crippen molar-refractivity contribution in [1.29, 1.82) is 0 Å². The third-order valence-electron chi connectivity index (χ3n) is 3.25. The second kappa shape index (κ2) is 8.56. The minimum atomic E-state index is -0.0156. The molecule has 0 saturated heterocycles. The maximum atomic E-state index is 12.1. The van der Waals surface area contributed by atoms with Crippen LogP contribution in [0.15, 0.2) is 18.3 Å². The van der Waals surface area contributed by atoms with E-state index in [0.29, 0.717) is 11.5 Å². The average molecular weight is 277 g/mol. The van der Waals surface area contributed by atoms with Crippen LogP contribution in [0.25, 0.3) is 0 Å². The summed E-state index contributed by atoms with van der Waals surface area (Å²) in [5.74, 6) is 1.44. The molecule has 0 aliphatic rings. The van der Waals surface area contributed by atoms with Crippen molar-refractivity contribution in [2.45, 2.75) is 40.0 Å². The summed E-state index contributed by atoms with van der Waals surface area (Å²) in [5.41, 5.74) is 0.683. The Kier molecular flexibility index (Phi) is 7.05. The van der Waals surface area contributed by atoms with Gasteiger partial charge >= 0.3 is 0 Å². The fraction of sp³-hybridized carbons (Fsp3) is 0.625. The molecule has 20 heavy (non-hydrogen) atoms. The van der Waals surface area contributed by atoms with E-state index in [1.165, 1.54) is 0 Å². The summed E-state index contributed by atoms with van der Waals surface area (Å²) in [5, 5.41) is 2.95. The number of pyridine rings is 1. The molecule has 0 aliphatic heterocycles. The first-order valence-corrected chi connectivity index (χ1v) is 7.50. The number of aromatic nitrogens is 1. The molecular weight excluding hydrogens is 250 g/mol. The van der Waals surface area contributed by atoms with Gasteiger partial charge in [-0.3, -0.25) is 4.79 Å². The molecule has 0 atom stereocenters. The van der Waals surface area contributed by atoms with Crippen LogP contribution in [0.4, 0.5) is 5.82 Å². The molecule has 0 unspecified atom stereocenters. The molecular formula is C16H27N3O. The largest absolute Gasteiger partial charge is 0.360 e. The van der Waals surface area contributed by atoms with Gasteiger partial charge in [-0.05, 0) is 30.9 Å². The van der Waals surface area contributed by atoms with E-state index in [-0.39, 0.29) is 5.91 Å². The van der Waals surface area contributed by atoms with Crippen LogP contribution in [0.1, 0.15) is 50.4 Å². The summed E-state index contributed by atoms with van der Waals surface area (Å²) in [6, 6.07) is 3.63. The van der Waals surface area contributed by atoms with Crippen LogP contribution in [0, 0.1) is 5.92 Å². The van der Waals surface area contributed by atoms with Crippen LogP contribution in [-0.2, 0) is 0 Å².